The van der Waals surface area contributed by atoms with Crippen molar-refractivity contribution in [3.05, 3.63) is 27.1 Å². The summed E-state index contributed by atoms with van der Waals surface area (Å²) in [6.07, 6.45) is 0. The van der Waals surface area contributed by atoms with E-state index in [1.165, 1.54) is 0 Å². The third-order valence-corrected chi connectivity index (χ3v) is 4.61. The highest BCUT2D eigenvalue weighted by Crippen LogP contribution is 2.28. The van der Waals surface area contributed by atoms with Gasteiger partial charge in [-0.05, 0) is 51.9 Å². The number of hydrogen-bond donors (Lipinski definition) is 1. The number of carbonyl (C=O) groups is 1. The zero-order chi connectivity index (χ0) is 16.0. The van der Waals surface area contributed by atoms with Crippen molar-refractivity contribution in [2.45, 2.75) is 27.7 Å². The lowest BCUT2D eigenvalue weighted by atomic mass is 9.85. The van der Waals surface area contributed by atoms with Gasteiger partial charge in [0.05, 0.1) is 4.47 Å². The summed E-state index contributed by atoms with van der Waals surface area (Å²) in [5, 5.41) is 2.96. The average molecular weight is 421 g/mol. The fourth-order valence-electron chi connectivity index (χ4n) is 2.26. The molecule has 0 atom stereocenters. The van der Waals surface area contributed by atoms with Gasteiger partial charge in [0.1, 0.15) is 5.75 Å². The van der Waals surface area contributed by atoms with Crippen LogP contribution in [0.25, 0.3) is 0 Å². The maximum atomic E-state index is 11.9. The van der Waals surface area contributed by atoms with E-state index in [1.807, 2.05) is 18.2 Å². The van der Waals surface area contributed by atoms with Gasteiger partial charge in [-0.2, -0.15) is 0 Å². The van der Waals surface area contributed by atoms with Gasteiger partial charge in [0.15, 0.2) is 6.61 Å². The number of amides is 1. The molecule has 1 aromatic carbocycles. The van der Waals surface area contributed by atoms with Gasteiger partial charge in [-0.3, -0.25) is 4.79 Å². The summed E-state index contributed by atoms with van der Waals surface area (Å²) < 4.78 is 7.31. The van der Waals surface area contributed by atoms with Crippen LogP contribution in [0.2, 0.25) is 0 Å². The number of hydrogen-bond acceptors (Lipinski definition) is 2. The molecule has 0 aliphatic heterocycles. The quantitative estimate of drug-likeness (QED) is 0.697. The fraction of sp³-hybridized carbons (Fsp3) is 0.562. The highest BCUT2D eigenvalue weighted by molar-refractivity contribution is 9.11. The van der Waals surface area contributed by atoms with E-state index in [4.69, 9.17) is 4.74 Å². The molecular formula is C16H23Br2NO2. The number of halogens is 2. The molecule has 0 saturated carbocycles. The summed E-state index contributed by atoms with van der Waals surface area (Å²) >= 11 is 6.79. The largest absolute Gasteiger partial charge is 0.483 e. The molecule has 0 bridgehead atoms. The lowest BCUT2D eigenvalue weighted by Crippen LogP contribution is -2.36. The van der Waals surface area contributed by atoms with Crippen molar-refractivity contribution in [1.29, 1.82) is 0 Å². The molecule has 0 aliphatic rings. The molecule has 1 aromatic rings. The minimum atomic E-state index is -0.0869. The van der Waals surface area contributed by atoms with Gasteiger partial charge in [-0.1, -0.05) is 43.6 Å². The van der Waals surface area contributed by atoms with Crippen molar-refractivity contribution < 1.29 is 9.53 Å². The number of benzene rings is 1. The molecule has 0 saturated heterocycles. The maximum absolute atomic E-state index is 11.9. The van der Waals surface area contributed by atoms with E-state index in [9.17, 15) is 4.79 Å². The summed E-state index contributed by atoms with van der Waals surface area (Å²) in [6, 6.07) is 5.60. The Bertz CT molecular complexity index is 467. The summed E-state index contributed by atoms with van der Waals surface area (Å²) in [5.74, 6) is 2.15. The normalized spacial score (nSPS) is 11.3. The van der Waals surface area contributed by atoms with E-state index in [1.54, 1.807) is 0 Å². The Morgan fingerprint density at radius 3 is 2.33 bits per heavy atom. The first-order valence-electron chi connectivity index (χ1n) is 7.15. The van der Waals surface area contributed by atoms with Crippen LogP contribution in [0, 0.1) is 17.8 Å². The zero-order valence-corrected chi connectivity index (χ0v) is 16.1. The molecule has 0 fully saturated rings. The molecule has 0 heterocycles. The lowest BCUT2D eigenvalue weighted by molar-refractivity contribution is -0.123. The van der Waals surface area contributed by atoms with Crippen molar-refractivity contribution >= 4 is 37.8 Å². The van der Waals surface area contributed by atoms with Crippen LogP contribution in [0.4, 0.5) is 0 Å². The van der Waals surface area contributed by atoms with Crippen molar-refractivity contribution in [3.63, 3.8) is 0 Å². The monoisotopic (exact) mass is 419 g/mol. The Morgan fingerprint density at radius 1 is 1.19 bits per heavy atom. The molecule has 1 amide bonds. The van der Waals surface area contributed by atoms with Crippen LogP contribution in [0.15, 0.2) is 27.1 Å². The third-order valence-electron chi connectivity index (χ3n) is 3.50. The van der Waals surface area contributed by atoms with E-state index < -0.39 is 0 Å². The van der Waals surface area contributed by atoms with Gasteiger partial charge in [-0.15, -0.1) is 0 Å². The fourth-order valence-corrected chi connectivity index (χ4v) is 3.42. The molecule has 0 unspecified atom stereocenters. The van der Waals surface area contributed by atoms with E-state index in [0.717, 1.165) is 8.95 Å². The second-order valence-corrected chi connectivity index (χ2v) is 7.59. The van der Waals surface area contributed by atoms with Crippen molar-refractivity contribution in [2.75, 3.05) is 13.2 Å². The minimum Gasteiger partial charge on any atom is -0.483 e. The molecule has 0 spiro atoms. The molecule has 0 aromatic heterocycles. The Balaban J connectivity index is 2.44. The highest BCUT2D eigenvalue weighted by atomic mass is 79.9. The van der Waals surface area contributed by atoms with Crippen LogP contribution in [0.5, 0.6) is 5.75 Å². The lowest BCUT2D eigenvalue weighted by Gasteiger charge is -2.25. The summed E-state index contributed by atoms with van der Waals surface area (Å²) in [5.41, 5.74) is 0. The van der Waals surface area contributed by atoms with Gasteiger partial charge in [-0.25, -0.2) is 0 Å². The Hall–Kier alpha value is -0.550. The van der Waals surface area contributed by atoms with Crippen LogP contribution in [-0.4, -0.2) is 19.1 Å². The molecule has 1 N–H and O–H groups in total. The molecular weight excluding hydrogens is 398 g/mol. The molecule has 1 rings (SSSR count). The predicted octanol–water partition coefficient (Wildman–Crippen LogP) is 4.63. The van der Waals surface area contributed by atoms with Gasteiger partial charge in [0.2, 0.25) is 0 Å². The van der Waals surface area contributed by atoms with E-state index in [0.29, 0.717) is 30.0 Å². The van der Waals surface area contributed by atoms with Crippen LogP contribution in [0.3, 0.4) is 0 Å². The Labute approximate surface area is 144 Å². The SMILES string of the molecule is CC(C)C(CNC(=O)COc1ccc(Br)cc1Br)C(C)C. The first-order chi connectivity index (χ1) is 9.81. The van der Waals surface area contributed by atoms with Crippen molar-refractivity contribution in [2.24, 2.45) is 17.8 Å². The van der Waals surface area contributed by atoms with Gasteiger partial charge >= 0.3 is 0 Å². The maximum Gasteiger partial charge on any atom is 0.257 e. The number of ether oxygens (including phenoxy) is 1. The van der Waals surface area contributed by atoms with Gasteiger partial charge in [0, 0.05) is 11.0 Å². The standard InChI is InChI=1S/C16H23Br2NO2/c1-10(2)13(11(3)4)8-19-16(20)9-21-15-6-5-12(17)7-14(15)18/h5-7,10-11,13H,8-9H2,1-4H3,(H,19,20). The summed E-state index contributed by atoms with van der Waals surface area (Å²) in [4.78, 5) is 11.9. The topological polar surface area (TPSA) is 38.3 Å². The molecule has 0 aliphatic carbocycles. The second kappa shape index (κ2) is 8.79. The number of rotatable bonds is 7. The van der Waals surface area contributed by atoms with Crippen LogP contribution >= 0.6 is 31.9 Å². The molecule has 118 valence electrons. The van der Waals surface area contributed by atoms with E-state index >= 15 is 0 Å². The van der Waals surface area contributed by atoms with E-state index in [2.05, 4.69) is 64.9 Å². The van der Waals surface area contributed by atoms with Gasteiger partial charge in [0.25, 0.3) is 5.91 Å². The van der Waals surface area contributed by atoms with Crippen LogP contribution in [0.1, 0.15) is 27.7 Å². The predicted molar refractivity (Wildman–Crippen MR) is 93.5 cm³/mol. The van der Waals surface area contributed by atoms with E-state index in [-0.39, 0.29) is 12.5 Å². The van der Waals surface area contributed by atoms with Gasteiger partial charge < -0.3 is 10.1 Å². The Morgan fingerprint density at radius 2 is 1.81 bits per heavy atom. The molecule has 3 nitrogen and oxygen atoms in total. The van der Waals surface area contributed by atoms with Crippen molar-refractivity contribution in [1.82, 2.24) is 5.32 Å². The first-order valence-corrected chi connectivity index (χ1v) is 8.74. The highest BCUT2D eigenvalue weighted by Gasteiger charge is 2.18. The smallest absolute Gasteiger partial charge is 0.257 e. The number of carbonyl (C=O) groups excluding carboxylic acids is 1. The average Bonchev–Trinajstić information content (AvgIpc) is 2.37. The summed E-state index contributed by atoms with van der Waals surface area (Å²) in [6.45, 7) is 9.47. The third kappa shape index (κ3) is 6.39. The van der Waals surface area contributed by atoms with Crippen LogP contribution < -0.4 is 10.1 Å². The number of nitrogens with one attached hydrogen (secondary N) is 1. The van der Waals surface area contributed by atoms with Crippen LogP contribution in [-0.2, 0) is 4.79 Å². The second-order valence-electron chi connectivity index (χ2n) is 5.82. The minimum absolute atomic E-state index is 0.0309. The molecule has 5 heteroatoms. The summed E-state index contributed by atoms with van der Waals surface area (Å²) in [7, 11) is 0. The Kier molecular flexibility index (Phi) is 7.74. The molecule has 0 radical (unpaired) electrons. The van der Waals surface area contributed by atoms with Crippen molar-refractivity contribution in [3.8, 4) is 5.75 Å². The first kappa shape index (κ1) is 18.5. The molecule has 21 heavy (non-hydrogen) atoms. The zero-order valence-electron chi connectivity index (χ0n) is 13.0.